The van der Waals surface area contributed by atoms with Gasteiger partial charge in [-0.15, -0.1) is 0 Å². The SMILES string of the molecule is O=C(NCC(F)(F)Sc1ccccc1)C(O)c1cccc(F)c1F. The third-order valence-electron chi connectivity index (χ3n) is 3.00. The van der Waals surface area contributed by atoms with Crippen LogP contribution >= 0.6 is 11.8 Å². The molecule has 2 rings (SSSR count). The van der Waals surface area contributed by atoms with Gasteiger partial charge < -0.3 is 10.4 Å². The van der Waals surface area contributed by atoms with Gasteiger partial charge >= 0.3 is 5.25 Å². The Kier molecular flexibility index (Phi) is 5.84. The molecule has 0 heterocycles. The number of hydrogen-bond donors (Lipinski definition) is 2. The number of halogens is 4. The summed E-state index contributed by atoms with van der Waals surface area (Å²) >= 11 is 0.237. The molecule has 0 bridgehead atoms. The van der Waals surface area contributed by atoms with Crippen LogP contribution in [0, 0.1) is 11.6 Å². The Hall–Kier alpha value is -2.06. The molecule has 1 amide bonds. The highest BCUT2D eigenvalue weighted by atomic mass is 32.2. The standard InChI is InChI=1S/C16H13F4NO2S/c17-12-8-4-7-11(13(12)18)14(22)15(23)21-9-16(19,20)24-10-5-2-1-3-6-10/h1-8,14,22H,9H2,(H,21,23). The minimum atomic E-state index is -3.34. The molecule has 0 saturated heterocycles. The number of thioether (sulfide) groups is 1. The highest BCUT2D eigenvalue weighted by Gasteiger charge is 2.32. The monoisotopic (exact) mass is 359 g/mol. The van der Waals surface area contributed by atoms with Gasteiger partial charge in [0.05, 0.1) is 6.54 Å². The summed E-state index contributed by atoms with van der Waals surface area (Å²) in [5, 5.41) is 8.21. The number of amides is 1. The van der Waals surface area contributed by atoms with Gasteiger partial charge in [0.15, 0.2) is 17.7 Å². The molecule has 128 valence electrons. The summed E-state index contributed by atoms with van der Waals surface area (Å²) in [4.78, 5) is 12.0. The van der Waals surface area contributed by atoms with E-state index in [4.69, 9.17) is 0 Å². The van der Waals surface area contributed by atoms with Crippen LogP contribution in [0.15, 0.2) is 53.4 Å². The van der Waals surface area contributed by atoms with Crippen molar-refractivity contribution in [1.82, 2.24) is 5.32 Å². The second kappa shape index (κ2) is 7.67. The van der Waals surface area contributed by atoms with Crippen molar-refractivity contribution in [3.63, 3.8) is 0 Å². The Morgan fingerprint density at radius 3 is 2.46 bits per heavy atom. The van der Waals surface area contributed by atoms with Gasteiger partial charge in [0, 0.05) is 10.5 Å². The van der Waals surface area contributed by atoms with Crippen LogP contribution in [-0.2, 0) is 4.79 Å². The maximum Gasteiger partial charge on any atom is 0.315 e. The van der Waals surface area contributed by atoms with Gasteiger partial charge in [0.2, 0.25) is 0 Å². The molecule has 0 aromatic heterocycles. The number of carbonyl (C=O) groups is 1. The van der Waals surface area contributed by atoms with Gasteiger partial charge in [0.1, 0.15) is 0 Å². The van der Waals surface area contributed by atoms with Crippen LogP contribution in [0.25, 0.3) is 0 Å². The van der Waals surface area contributed by atoms with Gasteiger partial charge in [-0.3, -0.25) is 4.79 Å². The number of aliphatic hydroxyl groups excluding tert-OH is 1. The highest BCUT2D eigenvalue weighted by Crippen LogP contribution is 2.35. The van der Waals surface area contributed by atoms with Crippen LogP contribution in [0.1, 0.15) is 11.7 Å². The fourth-order valence-electron chi connectivity index (χ4n) is 1.86. The fourth-order valence-corrected chi connectivity index (χ4v) is 2.64. The molecule has 0 radical (unpaired) electrons. The lowest BCUT2D eigenvalue weighted by Gasteiger charge is -2.18. The van der Waals surface area contributed by atoms with Crippen LogP contribution in [0.3, 0.4) is 0 Å². The van der Waals surface area contributed by atoms with E-state index in [1.54, 1.807) is 18.2 Å². The van der Waals surface area contributed by atoms with E-state index in [2.05, 4.69) is 0 Å². The second-order valence-electron chi connectivity index (χ2n) is 4.82. The van der Waals surface area contributed by atoms with E-state index < -0.39 is 41.0 Å². The van der Waals surface area contributed by atoms with Crippen LogP contribution in [0.5, 0.6) is 0 Å². The lowest BCUT2D eigenvalue weighted by molar-refractivity contribution is -0.130. The minimum absolute atomic E-state index is 0.237. The van der Waals surface area contributed by atoms with Crippen molar-refractivity contribution >= 4 is 17.7 Å². The first-order valence-electron chi connectivity index (χ1n) is 6.82. The number of carbonyl (C=O) groups excluding carboxylic acids is 1. The summed E-state index contributed by atoms with van der Waals surface area (Å²) in [6, 6.07) is 10.7. The minimum Gasteiger partial charge on any atom is -0.378 e. The lowest BCUT2D eigenvalue weighted by Crippen LogP contribution is -2.37. The van der Waals surface area contributed by atoms with Crippen molar-refractivity contribution in [2.45, 2.75) is 16.3 Å². The summed E-state index contributed by atoms with van der Waals surface area (Å²) in [5.41, 5.74) is -0.619. The number of rotatable bonds is 6. The molecular weight excluding hydrogens is 346 g/mol. The largest absolute Gasteiger partial charge is 0.378 e. The Morgan fingerprint density at radius 1 is 1.12 bits per heavy atom. The molecule has 24 heavy (non-hydrogen) atoms. The number of aliphatic hydroxyl groups is 1. The molecule has 2 aromatic rings. The normalized spacial score (nSPS) is 12.7. The van der Waals surface area contributed by atoms with Crippen molar-refractivity contribution in [1.29, 1.82) is 0 Å². The summed E-state index contributed by atoms with van der Waals surface area (Å²) in [7, 11) is 0. The predicted octanol–water partition coefficient (Wildman–Crippen LogP) is 3.50. The van der Waals surface area contributed by atoms with E-state index in [-0.39, 0.29) is 11.8 Å². The highest BCUT2D eigenvalue weighted by molar-refractivity contribution is 8.00. The van der Waals surface area contributed by atoms with Crippen molar-refractivity contribution in [3.8, 4) is 0 Å². The van der Waals surface area contributed by atoms with E-state index in [0.29, 0.717) is 4.90 Å². The van der Waals surface area contributed by atoms with E-state index >= 15 is 0 Å². The molecular formula is C16H13F4NO2S. The first-order valence-corrected chi connectivity index (χ1v) is 7.63. The summed E-state index contributed by atoms with van der Waals surface area (Å²) in [6.45, 7) is -1.07. The maximum atomic E-state index is 13.8. The third kappa shape index (κ3) is 4.72. The topological polar surface area (TPSA) is 49.3 Å². The molecule has 1 unspecified atom stereocenters. The Labute approximate surface area is 139 Å². The van der Waals surface area contributed by atoms with Gasteiger partial charge in [-0.25, -0.2) is 8.78 Å². The molecule has 8 heteroatoms. The predicted molar refractivity (Wildman–Crippen MR) is 81.6 cm³/mol. The molecule has 0 fully saturated rings. The number of alkyl halides is 2. The first kappa shape index (κ1) is 18.3. The summed E-state index contributed by atoms with van der Waals surface area (Å²) < 4.78 is 54.2. The number of nitrogens with one attached hydrogen (secondary N) is 1. The molecule has 0 saturated carbocycles. The number of benzene rings is 2. The molecule has 1 atom stereocenters. The van der Waals surface area contributed by atoms with Gasteiger partial charge in [-0.2, -0.15) is 8.78 Å². The van der Waals surface area contributed by atoms with Gasteiger partial charge in [-0.05, 0) is 18.2 Å². The molecule has 0 aliphatic rings. The Morgan fingerprint density at radius 2 is 1.79 bits per heavy atom. The van der Waals surface area contributed by atoms with E-state index in [0.717, 1.165) is 18.2 Å². The zero-order valence-corrected chi connectivity index (χ0v) is 13.0. The molecule has 2 N–H and O–H groups in total. The van der Waals surface area contributed by atoms with Crippen LogP contribution in [-0.4, -0.2) is 22.8 Å². The van der Waals surface area contributed by atoms with Crippen molar-refractivity contribution in [3.05, 3.63) is 65.7 Å². The maximum absolute atomic E-state index is 13.8. The van der Waals surface area contributed by atoms with E-state index in [9.17, 15) is 27.5 Å². The second-order valence-corrected chi connectivity index (χ2v) is 6.09. The number of hydrogen-bond acceptors (Lipinski definition) is 3. The fraction of sp³-hybridized carbons (Fsp3) is 0.188. The quantitative estimate of drug-likeness (QED) is 0.613. The van der Waals surface area contributed by atoms with Crippen molar-refractivity contribution in [2.75, 3.05) is 6.54 Å². The van der Waals surface area contributed by atoms with Gasteiger partial charge in [0.25, 0.3) is 5.91 Å². The first-order chi connectivity index (χ1) is 11.3. The molecule has 0 spiro atoms. The van der Waals surface area contributed by atoms with Crippen LogP contribution < -0.4 is 5.32 Å². The molecule has 3 nitrogen and oxygen atoms in total. The average Bonchev–Trinajstić information content (AvgIpc) is 2.55. The van der Waals surface area contributed by atoms with Crippen molar-refractivity contribution in [2.24, 2.45) is 0 Å². The smallest absolute Gasteiger partial charge is 0.315 e. The lowest BCUT2D eigenvalue weighted by atomic mass is 10.1. The zero-order valence-electron chi connectivity index (χ0n) is 12.2. The van der Waals surface area contributed by atoms with E-state index in [1.807, 2.05) is 5.32 Å². The Bertz CT molecular complexity index is 712. The van der Waals surface area contributed by atoms with Crippen LogP contribution in [0.2, 0.25) is 0 Å². The van der Waals surface area contributed by atoms with Crippen LogP contribution in [0.4, 0.5) is 17.6 Å². The molecule has 0 aliphatic carbocycles. The summed E-state index contributed by atoms with van der Waals surface area (Å²) in [6.07, 6.45) is -2.08. The molecule has 2 aromatic carbocycles. The zero-order chi connectivity index (χ0) is 17.7. The van der Waals surface area contributed by atoms with Crippen molar-refractivity contribution < 1.29 is 27.5 Å². The van der Waals surface area contributed by atoms with Gasteiger partial charge in [-0.1, -0.05) is 42.1 Å². The third-order valence-corrected chi connectivity index (χ3v) is 3.95. The Balaban J connectivity index is 1.97. The summed E-state index contributed by atoms with van der Waals surface area (Å²) in [5.74, 6) is -3.89. The van der Waals surface area contributed by atoms with E-state index in [1.165, 1.54) is 12.1 Å². The molecule has 0 aliphatic heterocycles. The average molecular weight is 359 g/mol.